The summed E-state index contributed by atoms with van der Waals surface area (Å²) in [5.41, 5.74) is 3.57. The Balaban J connectivity index is 1.67. The summed E-state index contributed by atoms with van der Waals surface area (Å²) in [5, 5.41) is 1.03. The van der Waals surface area contributed by atoms with E-state index in [4.69, 9.17) is 0 Å². The summed E-state index contributed by atoms with van der Waals surface area (Å²) in [6.45, 7) is 2.86. The standard InChI is InChI=1S/C19H16N4S/c1-14-5-2-3-7-16(14)19-22-12-17(24-19)18-21-9-10-23(18)13-15-6-4-8-20-11-15/h2-12H,13H2,1H3. The van der Waals surface area contributed by atoms with Crippen LogP contribution >= 0.6 is 11.3 Å². The van der Waals surface area contributed by atoms with Crippen LogP contribution in [0.1, 0.15) is 11.1 Å². The number of rotatable bonds is 4. The molecule has 0 saturated heterocycles. The van der Waals surface area contributed by atoms with E-state index < -0.39 is 0 Å². The van der Waals surface area contributed by atoms with Crippen molar-refractivity contribution < 1.29 is 0 Å². The second kappa shape index (κ2) is 6.37. The van der Waals surface area contributed by atoms with Crippen LogP contribution in [0.5, 0.6) is 0 Å². The molecule has 0 radical (unpaired) electrons. The molecular weight excluding hydrogens is 316 g/mol. The van der Waals surface area contributed by atoms with Gasteiger partial charge in [0.25, 0.3) is 0 Å². The normalized spacial score (nSPS) is 10.9. The van der Waals surface area contributed by atoms with E-state index in [1.54, 1.807) is 17.5 Å². The maximum absolute atomic E-state index is 4.60. The quantitative estimate of drug-likeness (QED) is 0.555. The molecule has 0 unspecified atom stereocenters. The summed E-state index contributed by atoms with van der Waals surface area (Å²) in [7, 11) is 0. The average molecular weight is 332 g/mol. The Kier molecular flexibility index (Phi) is 3.92. The summed E-state index contributed by atoms with van der Waals surface area (Å²) in [6, 6.07) is 12.3. The molecule has 5 heteroatoms. The van der Waals surface area contributed by atoms with Gasteiger partial charge in [0.1, 0.15) is 5.01 Å². The van der Waals surface area contributed by atoms with Gasteiger partial charge in [0.2, 0.25) is 0 Å². The number of hydrogen-bond acceptors (Lipinski definition) is 4. The maximum Gasteiger partial charge on any atom is 0.151 e. The van der Waals surface area contributed by atoms with Crippen LogP contribution in [0.15, 0.2) is 67.4 Å². The molecule has 118 valence electrons. The maximum atomic E-state index is 4.60. The molecule has 0 atom stereocenters. The number of imidazole rings is 1. The summed E-state index contributed by atoms with van der Waals surface area (Å²) in [4.78, 5) is 14.4. The van der Waals surface area contributed by atoms with Gasteiger partial charge in [-0.3, -0.25) is 4.98 Å². The van der Waals surface area contributed by atoms with Crippen molar-refractivity contribution in [1.82, 2.24) is 19.5 Å². The molecule has 4 rings (SSSR count). The number of pyridine rings is 1. The molecule has 24 heavy (non-hydrogen) atoms. The van der Waals surface area contributed by atoms with Crippen molar-refractivity contribution in [2.75, 3.05) is 0 Å². The zero-order chi connectivity index (χ0) is 16.4. The highest BCUT2D eigenvalue weighted by Crippen LogP contribution is 2.32. The minimum atomic E-state index is 0.751. The Labute approximate surface area is 144 Å². The highest BCUT2D eigenvalue weighted by atomic mass is 32.1. The molecule has 0 fully saturated rings. The van der Waals surface area contributed by atoms with Gasteiger partial charge in [0.15, 0.2) is 5.82 Å². The van der Waals surface area contributed by atoms with Crippen LogP contribution < -0.4 is 0 Å². The van der Waals surface area contributed by atoms with Gasteiger partial charge in [-0.05, 0) is 24.1 Å². The Bertz CT molecular complexity index is 956. The molecular formula is C19H16N4S. The van der Waals surface area contributed by atoms with Crippen molar-refractivity contribution in [3.8, 4) is 21.3 Å². The Morgan fingerprint density at radius 2 is 1.92 bits per heavy atom. The van der Waals surface area contributed by atoms with Crippen molar-refractivity contribution in [1.29, 1.82) is 0 Å². The molecule has 0 saturated carbocycles. The SMILES string of the molecule is Cc1ccccc1-c1ncc(-c2nccn2Cc2cccnc2)s1. The predicted octanol–water partition coefficient (Wildman–Crippen LogP) is 4.43. The Hall–Kier alpha value is -2.79. The van der Waals surface area contributed by atoms with E-state index in [0.29, 0.717) is 0 Å². The molecule has 0 bridgehead atoms. The van der Waals surface area contributed by atoms with E-state index in [0.717, 1.165) is 27.8 Å². The molecule has 0 aliphatic heterocycles. The lowest BCUT2D eigenvalue weighted by Gasteiger charge is -2.06. The van der Waals surface area contributed by atoms with Crippen LogP contribution in [0.4, 0.5) is 0 Å². The van der Waals surface area contributed by atoms with E-state index in [9.17, 15) is 0 Å². The lowest BCUT2D eigenvalue weighted by atomic mass is 10.1. The first-order valence-corrected chi connectivity index (χ1v) is 8.55. The predicted molar refractivity (Wildman–Crippen MR) is 96.8 cm³/mol. The van der Waals surface area contributed by atoms with Gasteiger partial charge in [-0.25, -0.2) is 9.97 Å². The number of nitrogens with zero attached hydrogens (tertiary/aromatic N) is 4. The van der Waals surface area contributed by atoms with Gasteiger partial charge in [0, 0.05) is 36.5 Å². The minimum Gasteiger partial charge on any atom is -0.326 e. The van der Waals surface area contributed by atoms with Crippen LogP contribution in [-0.4, -0.2) is 19.5 Å². The molecule has 1 aromatic carbocycles. The molecule has 4 aromatic rings. The van der Waals surface area contributed by atoms with Gasteiger partial charge in [-0.2, -0.15) is 0 Å². The third-order valence-electron chi connectivity index (χ3n) is 3.89. The zero-order valence-corrected chi connectivity index (χ0v) is 14.1. The van der Waals surface area contributed by atoms with Crippen molar-refractivity contribution in [3.05, 3.63) is 78.5 Å². The van der Waals surface area contributed by atoms with Gasteiger partial charge < -0.3 is 4.57 Å². The van der Waals surface area contributed by atoms with Crippen molar-refractivity contribution in [2.45, 2.75) is 13.5 Å². The minimum absolute atomic E-state index is 0.751. The number of benzene rings is 1. The molecule has 3 heterocycles. The lowest BCUT2D eigenvalue weighted by Crippen LogP contribution is -2.00. The van der Waals surface area contributed by atoms with Crippen LogP contribution in [0, 0.1) is 6.92 Å². The monoisotopic (exact) mass is 332 g/mol. The summed E-state index contributed by atoms with van der Waals surface area (Å²) in [6.07, 6.45) is 9.41. The number of aromatic nitrogens is 4. The second-order valence-corrected chi connectivity index (χ2v) is 6.62. The van der Waals surface area contributed by atoms with Crippen LogP contribution in [0.25, 0.3) is 21.3 Å². The Morgan fingerprint density at radius 3 is 2.75 bits per heavy atom. The first-order valence-electron chi connectivity index (χ1n) is 7.73. The number of thiazole rings is 1. The third-order valence-corrected chi connectivity index (χ3v) is 4.92. The van der Waals surface area contributed by atoms with Crippen LogP contribution in [0.2, 0.25) is 0 Å². The molecule has 0 N–H and O–H groups in total. The topological polar surface area (TPSA) is 43.6 Å². The summed E-state index contributed by atoms with van der Waals surface area (Å²) >= 11 is 1.67. The summed E-state index contributed by atoms with van der Waals surface area (Å²) in [5.74, 6) is 0.941. The van der Waals surface area contributed by atoms with Crippen LogP contribution in [-0.2, 0) is 6.54 Å². The number of aryl methyl sites for hydroxylation is 1. The van der Waals surface area contributed by atoms with E-state index in [-0.39, 0.29) is 0 Å². The lowest BCUT2D eigenvalue weighted by molar-refractivity contribution is 0.804. The zero-order valence-electron chi connectivity index (χ0n) is 13.3. The molecule has 0 aliphatic rings. The smallest absolute Gasteiger partial charge is 0.151 e. The molecule has 0 aliphatic carbocycles. The van der Waals surface area contributed by atoms with E-state index in [1.807, 2.05) is 43.0 Å². The fourth-order valence-electron chi connectivity index (χ4n) is 2.67. The molecule has 3 aromatic heterocycles. The van der Waals surface area contributed by atoms with Crippen molar-refractivity contribution in [3.63, 3.8) is 0 Å². The van der Waals surface area contributed by atoms with Gasteiger partial charge in [-0.15, -0.1) is 11.3 Å². The van der Waals surface area contributed by atoms with E-state index >= 15 is 0 Å². The average Bonchev–Trinajstić information content (AvgIpc) is 3.25. The highest BCUT2D eigenvalue weighted by molar-refractivity contribution is 7.18. The first kappa shape index (κ1) is 14.8. The fraction of sp³-hybridized carbons (Fsp3) is 0.105. The summed E-state index contributed by atoms with van der Waals surface area (Å²) < 4.78 is 2.13. The van der Waals surface area contributed by atoms with Crippen LogP contribution in [0.3, 0.4) is 0 Å². The number of hydrogen-bond donors (Lipinski definition) is 0. The molecule has 4 nitrogen and oxygen atoms in total. The first-order chi connectivity index (χ1) is 11.8. The van der Waals surface area contributed by atoms with E-state index in [1.165, 1.54) is 11.1 Å². The van der Waals surface area contributed by atoms with Crippen molar-refractivity contribution in [2.24, 2.45) is 0 Å². The fourth-order valence-corrected chi connectivity index (χ4v) is 3.68. The molecule has 0 spiro atoms. The third kappa shape index (κ3) is 2.86. The molecule has 0 amide bonds. The van der Waals surface area contributed by atoms with E-state index in [2.05, 4.69) is 44.6 Å². The Morgan fingerprint density at radius 1 is 1.00 bits per heavy atom. The van der Waals surface area contributed by atoms with Gasteiger partial charge >= 0.3 is 0 Å². The van der Waals surface area contributed by atoms with Gasteiger partial charge in [0.05, 0.1) is 11.4 Å². The second-order valence-electron chi connectivity index (χ2n) is 5.58. The van der Waals surface area contributed by atoms with Gasteiger partial charge in [-0.1, -0.05) is 30.3 Å². The highest BCUT2D eigenvalue weighted by Gasteiger charge is 2.12. The van der Waals surface area contributed by atoms with Crippen molar-refractivity contribution >= 4 is 11.3 Å². The largest absolute Gasteiger partial charge is 0.326 e.